The van der Waals surface area contributed by atoms with Crippen LogP contribution in [0, 0.1) is 5.82 Å². The van der Waals surface area contributed by atoms with Crippen LogP contribution >= 0.6 is 15.9 Å². The SMILES string of the molecule is Fc1cc(Br)cnc1N1CC=CCC1. The molecule has 0 saturated carbocycles. The van der Waals surface area contributed by atoms with Crippen LogP contribution < -0.4 is 4.90 Å². The minimum absolute atomic E-state index is 0.269. The number of hydrogen-bond donors (Lipinski definition) is 0. The molecule has 0 unspecified atom stereocenters. The minimum atomic E-state index is -0.269. The Morgan fingerprint density at radius 2 is 2.29 bits per heavy atom. The van der Waals surface area contributed by atoms with Crippen LogP contribution in [0.4, 0.5) is 10.2 Å². The zero-order valence-corrected chi connectivity index (χ0v) is 9.17. The zero-order chi connectivity index (χ0) is 9.97. The van der Waals surface area contributed by atoms with Crippen LogP contribution in [0.25, 0.3) is 0 Å². The summed E-state index contributed by atoms with van der Waals surface area (Å²) in [6.07, 6.45) is 6.72. The fraction of sp³-hybridized carbons (Fsp3) is 0.300. The van der Waals surface area contributed by atoms with Gasteiger partial charge in [-0.3, -0.25) is 0 Å². The van der Waals surface area contributed by atoms with Crippen LogP contribution in [-0.4, -0.2) is 18.1 Å². The fourth-order valence-corrected chi connectivity index (χ4v) is 1.78. The highest BCUT2D eigenvalue weighted by atomic mass is 79.9. The molecule has 1 aliphatic heterocycles. The van der Waals surface area contributed by atoms with Crippen molar-refractivity contribution in [3.05, 3.63) is 34.7 Å². The van der Waals surface area contributed by atoms with Gasteiger partial charge in [0.1, 0.15) is 0 Å². The molecule has 0 aliphatic carbocycles. The van der Waals surface area contributed by atoms with Gasteiger partial charge < -0.3 is 4.90 Å². The van der Waals surface area contributed by atoms with Crippen LogP contribution in [0.2, 0.25) is 0 Å². The Morgan fingerprint density at radius 1 is 1.43 bits per heavy atom. The smallest absolute Gasteiger partial charge is 0.166 e. The molecule has 0 fully saturated rings. The van der Waals surface area contributed by atoms with E-state index in [-0.39, 0.29) is 5.82 Å². The molecule has 1 aromatic heterocycles. The molecule has 0 bridgehead atoms. The van der Waals surface area contributed by atoms with E-state index in [0.29, 0.717) is 10.3 Å². The summed E-state index contributed by atoms with van der Waals surface area (Å²) in [5, 5.41) is 0. The number of nitrogens with zero attached hydrogens (tertiary/aromatic N) is 2. The molecule has 14 heavy (non-hydrogen) atoms. The number of anilines is 1. The zero-order valence-electron chi connectivity index (χ0n) is 7.58. The lowest BCUT2D eigenvalue weighted by Crippen LogP contribution is -2.28. The molecule has 2 rings (SSSR count). The molecular weight excluding hydrogens is 247 g/mol. The second-order valence-corrected chi connectivity index (χ2v) is 4.08. The third-order valence-electron chi connectivity index (χ3n) is 2.15. The van der Waals surface area contributed by atoms with Gasteiger partial charge >= 0.3 is 0 Å². The summed E-state index contributed by atoms with van der Waals surface area (Å²) in [6.45, 7) is 1.58. The highest BCUT2D eigenvalue weighted by molar-refractivity contribution is 9.10. The Bertz CT molecular complexity index is 365. The van der Waals surface area contributed by atoms with Gasteiger partial charge in [0, 0.05) is 23.8 Å². The largest absolute Gasteiger partial charge is 0.350 e. The van der Waals surface area contributed by atoms with Gasteiger partial charge in [-0.25, -0.2) is 9.37 Å². The Kier molecular flexibility index (Phi) is 2.82. The molecule has 0 saturated heterocycles. The number of aromatic nitrogens is 1. The number of rotatable bonds is 1. The van der Waals surface area contributed by atoms with E-state index >= 15 is 0 Å². The van der Waals surface area contributed by atoms with Crippen molar-refractivity contribution >= 4 is 21.7 Å². The highest BCUT2D eigenvalue weighted by Crippen LogP contribution is 2.21. The predicted octanol–water partition coefficient (Wildman–Crippen LogP) is 2.75. The Hall–Kier alpha value is -0.900. The highest BCUT2D eigenvalue weighted by Gasteiger charge is 2.13. The van der Waals surface area contributed by atoms with Gasteiger partial charge in [-0.2, -0.15) is 0 Å². The first-order valence-corrected chi connectivity index (χ1v) is 5.27. The molecule has 4 heteroatoms. The topological polar surface area (TPSA) is 16.1 Å². The molecule has 0 atom stereocenters. The summed E-state index contributed by atoms with van der Waals surface area (Å²) in [5.74, 6) is 0.173. The fourth-order valence-electron chi connectivity index (χ4n) is 1.47. The van der Waals surface area contributed by atoms with Crippen molar-refractivity contribution in [1.82, 2.24) is 4.98 Å². The Labute approximate surface area is 90.6 Å². The van der Waals surface area contributed by atoms with Crippen molar-refractivity contribution in [3.63, 3.8) is 0 Å². The maximum Gasteiger partial charge on any atom is 0.166 e. The van der Waals surface area contributed by atoms with Gasteiger partial charge in [0.25, 0.3) is 0 Å². The van der Waals surface area contributed by atoms with Crippen molar-refractivity contribution in [2.75, 3.05) is 18.0 Å². The van der Waals surface area contributed by atoms with Crippen molar-refractivity contribution in [2.24, 2.45) is 0 Å². The second-order valence-electron chi connectivity index (χ2n) is 3.17. The third-order valence-corrected chi connectivity index (χ3v) is 2.58. The van der Waals surface area contributed by atoms with Crippen molar-refractivity contribution in [3.8, 4) is 0 Å². The van der Waals surface area contributed by atoms with Crippen molar-refractivity contribution in [1.29, 1.82) is 0 Å². The van der Waals surface area contributed by atoms with E-state index < -0.39 is 0 Å². The van der Waals surface area contributed by atoms with Crippen LogP contribution in [0.15, 0.2) is 28.9 Å². The lowest BCUT2D eigenvalue weighted by atomic mass is 10.2. The van der Waals surface area contributed by atoms with E-state index in [4.69, 9.17) is 0 Å². The summed E-state index contributed by atoms with van der Waals surface area (Å²) in [6, 6.07) is 1.45. The average Bonchev–Trinajstić information content (AvgIpc) is 2.19. The molecule has 0 N–H and O–H groups in total. The number of halogens is 2. The Balaban J connectivity index is 2.27. The van der Waals surface area contributed by atoms with Crippen LogP contribution in [-0.2, 0) is 0 Å². The lowest BCUT2D eigenvalue weighted by Gasteiger charge is -2.24. The van der Waals surface area contributed by atoms with E-state index in [1.807, 2.05) is 11.0 Å². The van der Waals surface area contributed by atoms with E-state index in [9.17, 15) is 4.39 Å². The van der Waals surface area contributed by atoms with Crippen LogP contribution in [0.1, 0.15) is 6.42 Å². The van der Waals surface area contributed by atoms with E-state index in [2.05, 4.69) is 27.0 Å². The first-order chi connectivity index (χ1) is 6.77. The quantitative estimate of drug-likeness (QED) is 0.719. The number of hydrogen-bond acceptors (Lipinski definition) is 2. The summed E-state index contributed by atoms with van der Waals surface area (Å²) in [5.41, 5.74) is 0. The average molecular weight is 257 g/mol. The Morgan fingerprint density at radius 3 is 2.93 bits per heavy atom. The van der Waals surface area contributed by atoms with Gasteiger partial charge in [0.2, 0.25) is 0 Å². The van der Waals surface area contributed by atoms with Gasteiger partial charge in [-0.05, 0) is 28.4 Å². The molecule has 1 aliphatic rings. The summed E-state index contributed by atoms with van der Waals surface area (Å²) < 4.78 is 14.1. The summed E-state index contributed by atoms with van der Waals surface area (Å²) >= 11 is 3.19. The first kappa shape index (κ1) is 9.65. The van der Waals surface area contributed by atoms with Crippen LogP contribution in [0.3, 0.4) is 0 Å². The molecule has 0 radical (unpaired) electrons. The first-order valence-electron chi connectivity index (χ1n) is 4.48. The van der Waals surface area contributed by atoms with E-state index in [0.717, 1.165) is 19.5 Å². The van der Waals surface area contributed by atoms with Crippen molar-refractivity contribution in [2.45, 2.75) is 6.42 Å². The maximum absolute atomic E-state index is 13.5. The van der Waals surface area contributed by atoms with E-state index in [1.54, 1.807) is 6.20 Å². The predicted molar refractivity (Wildman–Crippen MR) is 57.9 cm³/mol. The van der Waals surface area contributed by atoms with Crippen molar-refractivity contribution < 1.29 is 4.39 Å². The van der Waals surface area contributed by atoms with Gasteiger partial charge in [-0.15, -0.1) is 0 Å². The standard InChI is InChI=1S/C10H10BrFN2/c11-8-6-9(12)10(13-7-8)14-4-2-1-3-5-14/h1-2,6-7H,3-5H2. The van der Waals surface area contributed by atoms with Crippen LogP contribution in [0.5, 0.6) is 0 Å². The normalized spacial score (nSPS) is 16.0. The number of pyridine rings is 1. The third kappa shape index (κ3) is 1.95. The van der Waals surface area contributed by atoms with Gasteiger partial charge in [0.15, 0.2) is 11.6 Å². The molecule has 0 amide bonds. The maximum atomic E-state index is 13.5. The van der Waals surface area contributed by atoms with Gasteiger partial charge in [-0.1, -0.05) is 12.2 Å². The monoisotopic (exact) mass is 256 g/mol. The second kappa shape index (κ2) is 4.09. The molecule has 2 nitrogen and oxygen atoms in total. The molecule has 0 aromatic carbocycles. The molecular formula is C10H10BrFN2. The molecule has 1 aromatic rings. The lowest BCUT2D eigenvalue weighted by molar-refractivity contribution is 0.609. The van der Waals surface area contributed by atoms with Gasteiger partial charge in [0.05, 0.1) is 0 Å². The molecule has 0 spiro atoms. The molecule has 74 valence electrons. The molecule has 2 heterocycles. The summed E-state index contributed by atoms with van der Waals surface area (Å²) in [7, 11) is 0. The minimum Gasteiger partial charge on any atom is -0.350 e. The van der Waals surface area contributed by atoms with E-state index in [1.165, 1.54) is 6.07 Å². The summed E-state index contributed by atoms with van der Waals surface area (Å²) in [4.78, 5) is 6.00.